The Hall–Kier alpha value is -2.57. The number of sulfonamides is 1. The Morgan fingerprint density at radius 3 is 2.46 bits per heavy atom. The van der Waals surface area contributed by atoms with Crippen LogP contribution >= 0.6 is 0 Å². The molecule has 0 saturated carbocycles. The Morgan fingerprint density at radius 1 is 1.04 bits per heavy atom. The minimum absolute atomic E-state index is 0.0644. The third kappa shape index (κ3) is 3.98. The van der Waals surface area contributed by atoms with Crippen molar-refractivity contribution in [2.24, 2.45) is 0 Å². The molecule has 2 aromatic carbocycles. The van der Waals surface area contributed by atoms with Gasteiger partial charge in [0, 0.05) is 18.3 Å². The van der Waals surface area contributed by atoms with Crippen LogP contribution in [0.5, 0.6) is 0 Å². The smallest absolute Gasteiger partial charge is 0.240 e. The first-order chi connectivity index (χ1) is 12.4. The molecule has 0 unspecified atom stereocenters. The van der Waals surface area contributed by atoms with Crippen LogP contribution in [0.3, 0.4) is 0 Å². The fourth-order valence-corrected chi connectivity index (χ4v) is 3.57. The van der Waals surface area contributed by atoms with E-state index in [0.29, 0.717) is 11.3 Å². The van der Waals surface area contributed by atoms with Gasteiger partial charge in [-0.25, -0.2) is 17.5 Å². The first-order valence-corrected chi connectivity index (χ1v) is 9.62. The van der Waals surface area contributed by atoms with Crippen LogP contribution in [-0.2, 0) is 16.6 Å². The second-order valence-corrected chi connectivity index (χ2v) is 7.88. The summed E-state index contributed by atoms with van der Waals surface area (Å²) in [4.78, 5) is 4.29. The highest BCUT2D eigenvalue weighted by Crippen LogP contribution is 2.22. The molecule has 0 fully saturated rings. The average molecular weight is 370 g/mol. The largest absolute Gasteiger partial charge is 0.256 e. The molecule has 3 rings (SSSR count). The summed E-state index contributed by atoms with van der Waals surface area (Å²) in [5.41, 5.74) is 3.90. The number of halogens is 1. The lowest BCUT2D eigenvalue weighted by Crippen LogP contribution is -2.23. The van der Waals surface area contributed by atoms with Crippen molar-refractivity contribution >= 4 is 10.0 Å². The van der Waals surface area contributed by atoms with Gasteiger partial charge in [-0.2, -0.15) is 0 Å². The molecule has 134 valence electrons. The van der Waals surface area contributed by atoms with Gasteiger partial charge in [0.25, 0.3) is 0 Å². The van der Waals surface area contributed by atoms with Crippen molar-refractivity contribution in [1.29, 1.82) is 0 Å². The van der Waals surface area contributed by atoms with Gasteiger partial charge in [0.2, 0.25) is 10.0 Å². The molecule has 0 saturated heterocycles. The Balaban J connectivity index is 1.86. The molecule has 1 aromatic heterocycles. The molecule has 4 nitrogen and oxygen atoms in total. The number of benzene rings is 2. The molecule has 26 heavy (non-hydrogen) atoms. The fraction of sp³-hybridized carbons (Fsp3) is 0.150. The lowest BCUT2D eigenvalue weighted by atomic mass is 10.0. The fourth-order valence-electron chi connectivity index (χ4n) is 2.55. The predicted octanol–water partition coefficient (Wildman–Crippen LogP) is 3.98. The number of rotatable bonds is 5. The molecule has 3 aromatic rings. The standard InChI is InChI=1S/C20H19FN2O2S/c1-14-5-8-16(9-6-14)20-17(4-3-11-22-20)13-23-26(24,25)18-10-7-15(2)19(21)12-18/h3-12,23H,13H2,1-2H3. The number of hydrogen-bond acceptors (Lipinski definition) is 3. The van der Waals surface area contributed by atoms with Crippen LogP contribution in [0.2, 0.25) is 0 Å². The van der Waals surface area contributed by atoms with E-state index in [2.05, 4.69) is 9.71 Å². The molecule has 0 aliphatic carbocycles. The number of aryl methyl sites for hydroxylation is 2. The Labute approximate surface area is 152 Å². The Kier molecular flexibility index (Phi) is 5.15. The van der Waals surface area contributed by atoms with Gasteiger partial charge in [-0.05, 0) is 43.2 Å². The Bertz CT molecular complexity index is 1030. The SMILES string of the molecule is Cc1ccc(-c2ncccc2CNS(=O)(=O)c2ccc(C)c(F)c2)cc1. The molecule has 1 heterocycles. The van der Waals surface area contributed by atoms with Gasteiger partial charge >= 0.3 is 0 Å². The first kappa shape index (κ1) is 18.2. The summed E-state index contributed by atoms with van der Waals surface area (Å²) < 4.78 is 41.1. The third-order valence-electron chi connectivity index (χ3n) is 4.12. The van der Waals surface area contributed by atoms with Crippen LogP contribution in [0, 0.1) is 19.7 Å². The van der Waals surface area contributed by atoms with E-state index in [9.17, 15) is 12.8 Å². The molecule has 1 N–H and O–H groups in total. The summed E-state index contributed by atoms with van der Waals surface area (Å²) >= 11 is 0. The molecule has 0 atom stereocenters. The number of aromatic nitrogens is 1. The zero-order chi connectivity index (χ0) is 18.7. The van der Waals surface area contributed by atoms with E-state index in [4.69, 9.17) is 0 Å². The quantitative estimate of drug-likeness (QED) is 0.739. The van der Waals surface area contributed by atoms with Crippen LogP contribution in [0.25, 0.3) is 11.3 Å². The molecule has 0 spiro atoms. The van der Waals surface area contributed by atoms with Crippen molar-refractivity contribution in [1.82, 2.24) is 9.71 Å². The predicted molar refractivity (Wildman–Crippen MR) is 99.6 cm³/mol. The van der Waals surface area contributed by atoms with Crippen LogP contribution in [0.4, 0.5) is 4.39 Å². The van der Waals surface area contributed by atoms with Crippen molar-refractivity contribution in [3.63, 3.8) is 0 Å². The average Bonchev–Trinajstić information content (AvgIpc) is 2.63. The molecule has 0 aliphatic heterocycles. The van der Waals surface area contributed by atoms with E-state index in [1.165, 1.54) is 12.1 Å². The highest BCUT2D eigenvalue weighted by molar-refractivity contribution is 7.89. The van der Waals surface area contributed by atoms with E-state index in [0.717, 1.165) is 22.8 Å². The van der Waals surface area contributed by atoms with Crippen molar-refractivity contribution in [3.05, 3.63) is 83.3 Å². The summed E-state index contributed by atoms with van der Waals surface area (Å²) in [5.74, 6) is -0.547. The number of pyridine rings is 1. The maximum Gasteiger partial charge on any atom is 0.240 e. The van der Waals surface area contributed by atoms with Crippen molar-refractivity contribution in [2.75, 3.05) is 0 Å². The molecule has 0 amide bonds. The monoisotopic (exact) mass is 370 g/mol. The molecular formula is C20H19FN2O2S. The summed E-state index contributed by atoms with van der Waals surface area (Å²) in [6, 6.07) is 15.3. The molecular weight excluding hydrogens is 351 g/mol. The second-order valence-electron chi connectivity index (χ2n) is 6.11. The van der Waals surface area contributed by atoms with Crippen LogP contribution in [-0.4, -0.2) is 13.4 Å². The van der Waals surface area contributed by atoms with Crippen molar-refractivity contribution < 1.29 is 12.8 Å². The lowest BCUT2D eigenvalue weighted by Gasteiger charge is -2.11. The number of nitrogens with one attached hydrogen (secondary N) is 1. The third-order valence-corrected chi connectivity index (χ3v) is 5.52. The summed E-state index contributed by atoms with van der Waals surface area (Å²) in [7, 11) is -3.82. The van der Waals surface area contributed by atoms with E-state index < -0.39 is 15.8 Å². The zero-order valence-electron chi connectivity index (χ0n) is 14.5. The van der Waals surface area contributed by atoms with Gasteiger partial charge in [-0.3, -0.25) is 4.98 Å². The minimum Gasteiger partial charge on any atom is -0.256 e. The van der Waals surface area contributed by atoms with Gasteiger partial charge < -0.3 is 0 Å². The maximum atomic E-state index is 13.7. The highest BCUT2D eigenvalue weighted by atomic mass is 32.2. The van der Waals surface area contributed by atoms with Gasteiger partial charge in [0.1, 0.15) is 5.82 Å². The normalized spacial score (nSPS) is 11.5. The molecule has 6 heteroatoms. The van der Waals surface area contributed by atoms with E-state index in [1.807, 2.05) is 37.3 Å². The van der Waals surface area contributed by atoms with Crippen LogP contribution in [0.1, 0.15) is 16.7 Å². The van der Waals surface area contributed by atoms with Gasteiger partial charge in [0.15, 0.2) is 0 Å². The minimum atomic E-state index is -3.82. The first-order valence-electron chi connectivity index (χ1n) is 8.13. The number of nitrogens with zero attached hydrogens (tertiary/aromatic N) is 1. The van der Waals surface area contributed by atoms with E-state index in [1.54, 1.807) is 19.2 Å². The van der Waals surface area contributed by atoms with E-state index in [-0.39, 0.29) is 11.4 Å². The molecule has 0 bridgehead atoms. The molecule has 0 radical (unpaired) electrons. The van der Waals surface area contributed by atoms with E-state index >= 15 is 0 Å². The van der Waals surface area contributed by atoms with Gasteiger partial charge in [-0.1, -0.05) is 42.0 Å². The van der Waals surface area contributed by atoms with Crippen molar-refractivity contribution in [3.8, 4) is 11.3 Å². The van der Waals surface area contributed by atoms with Gasteiger partial charge in [0.05, 0.1) is 10.6 Å². The topological polar surface area (TPSA) is 59.1 Å². The summed E-state index contributed by atoms with van der Waals surface area (Å²) in [6.07, 6.45) is 1.67. The number of hydrogen-bond donors (Lipinski definition) is 1. The summed E-state index contributed by atoms with van der Waals surface area (Å²) in [5, 5.41) is 0. The maximum absolute atomic E-state index is 13.7. The second kappa shape index (κ2) is 7.35. The Morgan fingerprint density at radius 2 is 1.77 bits per heavy atom. The zero-order valence-corrected chi connectivity index (χ0v) is 15.3. The lowest BCUT2D eigenvalue weighted by molar-refractivity contribution is 0.576. The van der Waals surface area contributed by atoms with Gasteiger partial charge in [-0.15, -0.1) is 0 Å². The van der Waals surface area contributed by atoms with Crippen LogP contribution < -0.4 is 4.72 Å². The summed E-state index contributed by atoms with van der Waals surface area (Å²) in [6.45, 7) is 3.65. The van der Waals surface area contributed by atoms with Crippen LogP contribution in [0.15, 0.2) is 65.7 Å². The molecule has 0 aliphatic rings. The highest BCUT2D eigenvalue weighted by Gasteiger charge is 2.16. The van der Waals surface area contributed by atoms with Crippen molar-refractivity contribution in [2.45, 2.75) is 25.3 Å².